The van der Waals surface area contributed by atoms with E-state index in [0.717, 1.165) is 13.5 Å². The zero-order chi connectivity index (χ0) is 19.8. The molecule has 27 heavy (non-hydrogen) atoms. The number of alkyl halides is 3. The van der Waals surface area contributed by atoms with E-state index in [9.17, 15) is 22.4 Å². The van der Waals surface area contributed by atoms with Crippen LogP contribution in [0, 0.1) is 11.7 Å². The molecule has 1 saturated heterocycles. The molecule has 1 fully saturated rings. The lowest BCUT2D eigenvalue weighted by molar-refractivity contribution is -0.158. The lowest BCUT2D eigenvalue weighted by Gasteiger charge is -2.22. The second-order valence-electron chi connectivity index (χ2n) is 6.83. The molecule has 148 valence electrons. The second-order valence-corrected chi connectivity index (χ2v) is 6.83. The Balaban J connectivity index is 1.93. The van der Waals surface area contributed by atoms with E-state index in [1.54, 1.807) is 0 Å². The van der Waals surface area contributed by atoms with Gasteiger partial charge in [-0.05, 0) is 37.1 Å². The number of halogens is 4. The van der Waals surface area contributed by atoms with E-state index in [1.165, 1.54) is 22.8 Å². The predicted molar refractivity (Wildman–Crippen MR) is 92.8 cm³/mol. The molecule has 0 bridgehead atoms. The number of imidazole rings is 1. The van der Waals surface area contributed by atoms with Crippen molar-refractivity contribution >= 4 is 22.9 Å². The second kappa shape index (κ2) is 7.34. The van der Waals surface area contributed by atoms with Gasteiger partial charge in [-0.3, -0.25) is 4.79 Å². The van der Waals surface area contributed by atoms with Crippen LogP contribution in [0.5, 0.6) is 0 Å². The number of rotatable bonds is 5. The van der Waals surface area contributed by atoms with Gasteiger partial charge < -0.3 is 20.1 Å². The average molecular weight is 387 g/mol. The van der Waals surface area contributed by atoms with Gasteiger partial charge in [-0.25, -0.2) is 9.37 Å². The normalized spacial score (nSPS) is 17.7. The Morgan fingerprint density at radius 1 is 1.41 bits per heavy atom. The van der Waals surface area contributed by atoms with Crippen molar-refractivity contribution in [1.29, 1.82) is 0 Å². The van der Waals surface area contributed by atoms with Gasteiger partial charge in [-0.15, -0.1) is 0 Å². The maximum Gasteiger partial charge on any atom is 0.406 e. The highest BCUT2D eigenvalue weighted by Crippen LogP contribution is 2.28. The lowest BCUT2D eigenvalue weighted by Crippen LogP contribution is -2.38. The quantitative estimate of drug-likeness (QED) is 0.797. The highest BCUT2D eigenvalue weighted by Gasteiger charge is 2.32. The molecule has 0 saturated carbocycles. The summed E-state index contributed by atoms with van der Waals surface area (Å²) in [4.78, 5) is 19.4. The average Bonchev–Trinajstić information content (AvgIpc) is 3.18. The fourth-order valence-corrected chi connectivity index (χ4v) is 3.30. The number of carbonyl (C=O) groups is 1. The summed E-state index contributed by atoms with van der Waals surface area (Å²) in [7, 11) is 1.09. The molecular formula is C17H21F4N5O. The number of hydrogen-bond donors (Lipinski definition) is 1. The molecule has 1 atom stereocenters. The third-order valence-corrected chi connectivity index (χ3v) is 4.73. The number of nitrogens with two attached hydrogens (primary N) is 1. The summed E-state index contributed by atoms with van der Waals surface area (Å²) >= 11 is 0. The minimum atomic E-state index is -4.49. The van der Waals surface area contributed by atoms with Crippen LogP contribution in [0.2, 0.25) is 0 Å². The molecule has 0 aliphatic carbocycles. The standard InChI is InChI=1S/C17H21F4N5O/c1-24(10-17(19,20)21)15(27)9-26-14-6-12(18)2-3-13(14)23-16(26)25-5-4-11(7-22)8-25/h2-3,6,11H,4-5,7-10,22H2,1H3. The third kappa shape index (κ3) is 4.32. The monoisotopic (exact) mass is 387 g/mol. The van der Waals surface area contributed by atoms with Gasteiger partial charge in [0, 0.05) is 20.1 Å². The maximum absolute atomic E-state index is 13.7. The minimum absolute atomic E-state index is 0.276. The zero-order valence-corrected chi connectivity index (χ0v) is 14.8. The van der Waals surface area contributed by atoms with Crippen molar-refractivity contribution in [2.75, 3.05) is 38.1 Å². The van der Waals surface area contributed by atoms with Crippen LogP contribution in [0.25, 0.3) is 11.0 Å². The lowest BCUT2D eigenvalue weighted by atomic mass is 10.1. The number of nitrogens with zero attached hydrogens (tertiary/aromatic N) is 4. The van der Waals surface area contributed by atoms with Gasteiger partial charge in [0.1, 0.15) is 18.9 Å². The van der Waals surface area contributed by atoms with Gasteiger partial charge in [0.25, 0.3) is 0 Å². The number of fused-ring (bicyclic) bond motifs is 1. The summed E-state index contributed by atoms with van der Waals surface area (Å²) in [6, 6.07) is 3.98. The molecule has 10 heteroatoms. The molecule has 6 nitrogen and oxygen atoms in total. The molecule has 2 N–H and O–H groups in total. The van der Waals surface area contributed by atoms with Crippen LogP contribution >= 0.6 is 0 Å². The minimum Gasteiger partial charge on any atom is -0.342 e. The molecule has 1 aliphatic heterocycles. The number of anilines is 1. The first-order valence-electron chi connectivity index (χ1n) is 8.59. The smallest absolute Gasteiger partial charge is 0.342 e. The number of likely N-dealkylation sites (N-methyl/N-ethyl adjacent to an activating group) is 1. The van der Waals surface area contributed by atoms with E-state index in [4.69, 9.17) is 5.73 Å². The number of aromatic nitrogens is 2. The molecule has 2 heterocycles. The number of benzene rings is 1. The van der Waals surface area contributed by atoms with E-state index in [0.29, 0.717) is 41.5 Å². The molecular weight excluding hydrogens is 366 g/mol. The number of hydrogen-bond acceptors (Lipinski definition) is 4. The third-order valence-electron chi connectivity index (χ3n) is 4.73. The Morgan fingerprint density at radius 2 is 2.15 bits per heavy atom. The van der Waals surface area contributed by atoms with Gasteiger partial charge in [0.15, 0.2) is 0 Å². The van der Waals surface area contributed by atoms with Crippen molar-refractivity contribution in [3.05, 3.63) is 24.0 Å². The van der Waals surface area contributed by atoms with Gasteiger partial charge >= 0.3 is 6.18 Å². The zero-order valence-electron chi connectivity index (χ0n) is 14.8. The van der Waals surface area contributed by atoms with E-state index in [-0.39, 0.29) is 12.5 Å². The van der Waals surface area contributed by atoms with Gasteiger partial charge in [0.05, 0.1) is 11.0 Å². The van der Waals surface area contributed by atoms with Crippen LogP contribution in [0.3, 0.4) is 0 Å². The van der Waals surface area contributed by atoms with Crippen molar-refractivity contribution in [2.45, 2.75) is 19.1 Å². The summed E-state index contributed by atoms with van der Waals surface area (Å²) in [6.45, 7) is 0.112. The summed E-state index contributed by atoms with van der Waals surface area (Å²) in [6.07, 6.45) is -3.63. The Morgan fingerprint density at radius 3 is 2.78 bits per heavy atom. The number of carbonyl (C=O) groups excluding carboxylic acids is 1. The molecule has 2 aromatic rings. The van der Waals surface area contributed by atoms with Gasteiger partial charge in [-0.1, -0.05) is 0 Å². The fourth-order valence-electron chi connectivity index (χ4n) is 3.30. The van der Waals surface area contributed by atoms with Gasteiger partial charge in [-0.2, -0.15) is 13.2 Å². The Bertz CT molecular complexity index is 835. The molecule has 1 aromatic heterocycles. The van der Waals surface area contributed by atoms with E-state index < -0.39 is 24.4 Å². The first-order chi connectivity index (χ1) is 12.7. The topological polar surface area (TPSA) is 67.4 Å². The van der Waals surface area contributed by atoms with Crippen LogP contribution in [0.15, 0.2) is 18.2 Å². The van der Waals surface area contributed by atoms with Crippen molar-refractivity contribution in [2.24, 2.45) is 11.7 Å². The summed E-state index contributed by atoms with van der Waals surface area (Å²) in [5, 5.41) is 0. The van der Waals surface area contributed by atoms with Gasteiger partial charge in [0.2, 0.25) is 11.9 Å². The SMILES string of the molecule is CN(CC(F)(F)F)C(=O)Cn1c(N2CCC(CN)C2)nc2ccc(F)cc21. The van der Waals surface area contributed by atoms with Crippen LogP contribution in [0.4, 0.5) is 23.5 Å². The summed E-state index contributed by atoms with van der Waals surface area (Å²) in [5.74, 6) is -0.516. The van der Waals surface area contributed by atoms with E-state index in [2.05, 4.69) is 4.98 Å². The molecule has 0 spiro atoms. The van der Waals surface area contributed by atoms with Crippen molar-refractivity contribution in [3.8, 4) is 0 Å². The van der Waals surface area contributed by atoms with Crippen molar-refractivity contribution in [3.63, 3.8) is 0 Å². The highest BCUT2D eigenvalue weighted by molar-refractivity contribution is 5.83. The molecule has 3 rings (SSSR count). The molecule has 1 unspecified atom stereocenters. The first-order valence-corrected chi connectivity index (χ1v) is 8.59. The molecule has 1 amide bonds. The summed E-state index contributed by atoms with van der Waals surface area (Å²) in [5.41, 5.74) is 6.57. The summed E-state index contributed by atoms with van der Waals surface area (Å²) < 4.78 is 52.9. The number of amides is 1. The highest BCUT2D eigenvalue weighted by atomic mass is 19.4. The van der Waals surface area contributed by atoms with Crippen LogP contribution in [-0.4, -0.2) is 59.8 Å². The van der Waals surface area contributed by atoms with E-state index in [1.807, 2.05) is 4.90 Å². The van der Waals surface area contributed by atoms with Crippen LogP contribution < -0.4 is 10.6 Å². The Kier molecular flexibility index (Phi) is 5.27. The fraction of sp³-hybridized carbons (Fsp3) is 0.529. The van der Waals surface area contributed by atoms with Crippen molar-refractivity contribution < 1.29 is 22.4 Å². The molecule has 1 aliphatic rings. The predicted octanol–water partition coefficient (Wildman–Crippen LogP) is 1.98. The van der Waals surface area contributed by atoms with Crippen LogP contribution in [0.1, 0.15) is 6.42 Å². The Labute approximate surface area is 153 Å². The Hall–Kier alpha value is -2.36. The van der Waals surface area contributed by atoms with Crippen molar-refractivity contribution in [1.82, 2.24) is 14.5 Å². The largest absolute Gasteiger partial charge is 0.406 e. The maximum atomic E-state index is 13.7. The molecule has 0 radical (unpaired) electrons. The van der Waals surface area contributed by atoms with Crippen LogP contribution in [-0.2, 0) is 11.3 Å². The first kappa shape index (κ1) is 19.4. The molecule has 1 aromatic carbocycles. The van der Waals surface area contributed by atoms with E-state index >= 15 is 0 Å².